The third-order valence-corrected chi connectivity index (χ3v) is 13.6. The molecule has 0 saturated heterocycles. The minimum atomic E-state index is -1.32. The lowest BCUT2D eigenvalue weighted by atomic mass is 10.0. The van der Waals surface area contributed by atoms with E-state index in [1.807, 2.05) is 0 Å². The molecule has 0 unspecified atom stereocenters. The Hall–Kier alpha value is -7.34. The van der Waals surface area contributed by atoms with Crippen molar-refractivity contribution in [3.8, 4) is 0 Å². The number of carbonyl (C=O) groups excluding carboxylic acids is 6. The largest absolute Gasteiger partial charge is 0.457 e. The van der Waals surface area contributed by atoms with Crippen LogP contribution in [0.3, 0.4) is 0 Å². The van der Waals surface area contributed by atoms with Crippen LogP contribution in [0.2, 0.25) is 0 Å². The highest BCUT2D eigenvalue weighted by atomic mass is 32.1. The van der Waals surface area contributed by atoms with Gasteiger partial charge in [-0.25, -0.2) is 37.1 Å². The fourth-order valence-electron chi connectivity index (χ4n) is 7.34. The van der Waals surface area contributed by atoms with E-state index in [1.54, 1.807) is 60.7 Å². The second kappa shape index (κ2) is 15.2. The van der Waals surface area contributed by atoms with E-state index >= 15 is 0 Å². The zero-order valence-corrected chi connectivity index (χ0v) is 34.0. The Morgan fingerprint density at radius 1 is 0.524 bits per heavy atom. The van der Waals surface area contributed by atoms with Crippen molar-refractivity contribution in [1.82, 2.24) is 9.97 Å². The molecule has 0 saturated carbocycles. The van der Waals surface area contributed by atoms with Gasteiger partial charge in [-0.2, -0.15) is 0 Å². The number of carbonyl (C=O) groups is 6. The van der Waals surface area contributed by atoms with Crippen molar-refractivity contribution in [3.05, 3.63) is 174 Å². The van der Waals surface area contributed by atoms with Gasteiger partial charge in [0.2, 0.25) is 0 Å². The van der Waals surface area contributed by atoms with Gasteiger partial charge >= 0.3 is 11.9 Å². The Bertz CT molecular complexity index is 3380. The first-order valence-corrected chi connectivity index (χ1v) is 21.0. The first-order chi connectivity index (χ1) is 30.4. The molecule has 63 heavy (non-hydrogen) atoms. The molecule has 0 atom stereocenters. The van der Waals surface area contributed by atoms with Crippen molar-refractivity contribution in [2.24, 2.45) is 0 Å². The van der Waals surface area contributed by atoms with Crippen molar-refractivity contribution in [2.75, 3.05) is 0 Å². The summed E-state index contributed by atoms with van der Waals surface area (Å²) in [7, 11) is 0. The Balaban J connectivity index is 1.17. The molecule has 3 heterocycles. The Kier molecular flexibility index (Phi) is 9.61. The highest BCUT2D eigenvalue weighted by Gasteiger charge is 2.37. The lowest BCUT2D eigenvalue weighted by Gasteiger charge is -2.11. The molecule has 10 rings (SSSR count). The normalized spacial score (nSPS) is 13.4. The standard InChI is InChI=1S/C46H20F4N2O8S3/c47-27-11-21-22(12-28(27)48)38(54)25(37(21)53)15-31-51-36-35(46(58)60-18-20-9-5-2-6-10-20)41-33(34(42(36)61-31)45(57)59-17-19-7-3-1-4-8-19)43-44(63-41)52-32(62-43)16-26-39(55)23-13-29(49)30(50)14-24(23)40(26)56/h1-16H,17-18H2. The molecule has 3 aromatic heterocycles. The van der Waals surface area contributed by atoms with Gasteiger partial charge in [-0.1, -0.05) is 60.7 Å². The smallest absolute Gasteiger partial charge is 0.342 e. The molecule has 0 amide bonds. The van der Waals surface area contributed by atoms with Crippen molar-refractivity contribution >= 4 is 111 Å². The lowest BCUT2D eigenvalue weighted by Crippen LogP contribution is -2.10. The number of allylic oxidation sites excluding steroid dienone is 2. The van der Waals surface area contributed by atoms with Crippen LogP contribution in [0, 0.1) is 23.3 Å². The Morgan fingerprint density at radius 3 is 1.40 bits per heavy atom. The molecular weight excluding hydrogens is 881 g/mol. The highest BCUT2D eigenvalue weighted by molar-refractivity contribution is 7.33. The molecule has 0 N–H and O–H groups in total. The molecule has 17 heteroatoms. The minimum absolute atomic E-state index is 0.0287. The van der Waals surface area contributed by atoms with E-state index in [-0.39, 0.29) is 87.3 Å². The number of hydrogen-bond acceptors (Lipinski definition) is 13. The molecular formula is C46H20F4N2O8S3. The number of rotatable bonds is 8. The minimum Gasteiger partial charge on any atom is -0.457 e. The number of aromatic nitrogens is 2. The van der Waals surface area contributed by atoms with Crippen LogP contribution in [-0.4, -0.2) is 45.0 Å². The predicted octanol–water partition coefficient (Wildman–Crippen LogP) is 10.3. The third-order valence-electron chi connectivity index (χ3n) is 10.3. The van der Waals surface area contributed by atoms with Gasteiger partial charge in [-0.05, 0) is 47.5 Å². The number of thiophene rings is 1. The summed E-state index contributed by atoms with van der Waals surface area (Å²) in [6.07, 6.45) is 2.31. The number of thiazole rings is 2. The number of Topliss-reactive ketones (excluding diaryl/α,β-unsaturated/α-hetero) is 4. The van der Waals surface area contributed by atoms with Crippen LogP contribution >= 0.6 is 34.0 Å². The summed E-state index contributed by atoms with van der Waals surface area (Å²) >= 11 is 2.76. The van der Waals surface area contributed by atoms with E-state index in [4.69, 9.17) is 9.47 Å². The Morgan fingerprint density at radius 2 is 0.937 bits per heavy atom. The number of hydrogen-bond donors (Lipinski definition) is 0. The maximum absolute atomic E-state index is 14.5. The van der Waals surface area contributed by atoms with E-state index in [9.17, 15) is 46.3 Å². The van der Waals surface area contributed by atoms with Crippen molar-refractivity contribution < 1.29 is 55.8 Å². The van der Waals surface area contributed by atoms with Crippen LogP contribution in [0.5, 0.6) is 0 Å². The highest BCUT2D eigenvalue weighted by Crippen LogP contribution is 2.47. The maximum atomic E-state index is 14.5. The number of ketones is 4. The van der Waals surface area contributed by atoms with Crippen molar-refractivity contribution in [3.63, 3.8) is 0 Å². The summed E-state index contributed by atoms with van der Waals surface area (Å²) < 4.78 is 68.8. The maximum Gasteiger partial charge on any atom is 0.342 e. The molecule has 0 radical (unpaired) electrons. The number of ether oxygens (including phenoxy) is 2. The molecule has 0 spiro atoms. The molecule has 308 valence electrons. The van der Waals surface area contributed by atoms with Gasteiger partial charge in [-0.15, -0.1) is 34.0 Å². The summed E-state index contributed by atoms with van der Waals surface area (Å²) in [5.74, 6) is -10.4. The van der Waals surface area contributed by atoms with Gasteiger partial charge in [0.25, 0.3) is 0 Å². The van der Waals surface area contributed by atoms with Crippen LogP contribution in [0.4, 0.5) is 17.6 Å². The van der Waals surface area contributed by atoms with Crippen LogP contribution < -0.4 is 0 Å². The molecule has 2 aliphatic carbocycles. The molecule has 2 aliphatic rings. The fourth-order valence-corrected chi connectivity index (χ4v) is 10.8. The molecule has 8 aromatic rings. The summed E-state index contributed by atoms with van der Waals surface area (Å²) in [4.78, 5) is 91.7. The van der Waals surface area contributed by atoms with E-state index < -0.39 is 63.9 Å². The number of nitrogens with zero attached hydrogens (tertiary/aromatic N) is 2. The quantitative estimate of drug-likeness (QED) is 0.0625. The first kappa shape index (κ1) is 39.8. The summed E-state index contributed by atoms with van der Waals surface area (Å²) in [5, 5.41) is 0.264. The van der Waals surface area contributed by atoms with Crippen molar-refractivity contribution in [1.29, 1.82) is 0 Å². The van der Waals surface area contributed by atoms with Crippen LogP contribution in [0.25, 0.3) is 42.0 Å². The molecule has 0 fully saturated rings. The zero-order valence-electron chi connectivity index (χ0n) is 31.5. The topological polar surface area (TPSA) is 147 Å². The third kappa shape index (κ3) is 6.68. The average molecular weight is 901 g/mol. The van der Waals surface area contributed by atoms with E-state index in [0.717, 1.165) is 40.1 Å². The van der Waals surface area contributed by atoms with Gasteiger partial charge in [-0.3, -0.25) is 19.2 Å². The van der Waals surface area contributed by atoms with E-state index in [2.05, 4.69) is 9.97 Å². The average Bonchev–Trinajstić information content (AvgIpc) is 4.06. The second-order valence-corrected chi connectivity index (χ2v) is 17.2. The van der Waals surface area contributed by atoms with E-state index in [1.165, 1.54) is 6.08 Å². The molecule has 0 bridgehead atoms. The predicted molar refractivity (Wildman–Crippen MR) is 225 cm³/mol. The van der Waals surface area contributed by atoms with Gasteiger partial charge in [0.05, 0.1) is 36.3 Å². The van der Waals surface area contributed by atoms with Crippen LogP contribution in [0.15, 0.2) is 96.1 Å². The van der Waals surface area contributed by atoms with Gasteiger partial charge in [0.1, 0.15) is 33.6 Å². The first-order valence-electron chi connectivity index (χ1n) is 18.6. The Labute approximate surface area is 362 Å². The number of fused-ring (bicyclic) bond motifs is 6. The molecule has 5 aromatic carbocycles. The summed E-state index contributed by atoms with van der Waals surface area (Å²) in [6, 6.07) is 20.2. The fraction of sp³-hybridized carbons (Fsp3) is 0.0435. The number of esters is 2. The second-order valence-electron chi connectivity index (χ2n) is 14.2. The van der Waals surface area contributed by atoms with Crippen LogP contribution in [0.1, 0.15) is 83.3 Å². The number of benzene rings is 5. The SMILES string of the molecule is O=C1C(=Cc2nc3c(C(=O)OCc4ccccc4)c4sc5nc(C=C6C(=O)c7cc(F)c(F)cc7C6=O)sc5c4c(C(=O)OCc4ccccc4)c3s2)C(=O)c2cc(F)c(F)cc21. The van der Waals surface area contributed by atoms with Gasteiger partial charge in [0, 0.05) is 27.6 Å². The molecule has 0 aliphatic heterocycles. The van der Waals surface area contributed by atoms with Crippen LogP contribution in [-0.2, 0) is 22.7 Å². The van der Waals surface area contributed by atoms with Crippen molar-refractivity contribution in [2.45, 2.75) is 13.2 Å². The summed E-state index contributed by atoms with van der Waals surface area (Å²) in [5.41, 5.74) is -1.06. The van der Waals surface area contributed by atoms with Gasteiger partial charge < -0.3 is 9.47 Å². The lowest BCUT2D eigenvalue weighted by molar-refractivity contribution is 0.0465. The number of halogens is 4. The zero-order chi connectivity index (χ0) is 43.8. The van der Waals surface area contributed by atoms with E-state index in [0.29, 0.717) is 40.1 Å². The monoisotopic (exact) mass is 900 g/mol. The molecule has 10 nitrogen and oxygen atoms in total. The summed E-state index contributed by atoms with van der Waals surface area (Å²) in [6.45, 7) is -0.334. The van der Waals surface area contributed by atoms with Gasteiger partial charge in [0.15, 0.2) is 46.4 Å².